The number of piperazine rings is 1. The average Bonchev–Trinajstić information content (AvgIpc) is 3.11. The molecular weight excluding hydrogens is 417 g/mol. The summed E-state index contributed by atoms with van der Waals surface area (Å²) in [6, 6.07) is 7.31. The normalized spacial score (nSPS) is 20.7. The Bertz CT molecular complexity index is 1030. The van der Waals surface area contributed by atoms with Gasteiger partial charge in [0.25, 0.3) is 5.91 Å². The summed E-state index contributed by atoms with van der Waals surface area (Å²) >= 11 is 0. The molecule has 10 heteroatoms. The van der Waals surface area contributed by atoms with Gasteiger partial charge in [-0.3, -0.25) is 19.9 Å². The van der Waals surface area contributed by atoms with Gasteiger partial charge in [0.15, 0.2) is 0 Å². The van der Waals surface area contributed by atoms with Crippen molar-refractivity contribution in [2.45, 2.75) is 18.4 Å². The average molecular weight is 441 g/mol. The second-order valence-electron chi connectivity index (χ2n) is 7.77. The Morgan fingerprint density at radius 2 is 2.00 bits per heavy atom. The van der Waals surface area contributed by atoms with E-state index in [0.717, 1.165) is 0 Å². The number of carbonyl (C=O) groups excluding carboxylic acids is 3. The minimum Gasteiger partial charge on any atom is -0.497 e. The van der Waals surface area contributed by atoms with E-state index >= 15 is 0 Å². The van der Waals surface area contributed by atoms with Gasteiger partial charge in [0, 0.05) is 68.4 Å². The molecule has 2 aliphatic heterocycles. The first kappa shape index (κ1) is 21.5. The van der Waals surface area contributed by atoms with Crippen LogP contribution in [0.3, 0.4) is 0 Å². The van der Waals surface area contributed by atoms with Crippen LogP contribution < -0.4 is 20.3 Å². The zero-order valence-corrected chi connectivity index (χ0v) is 17.6. The topological polar surface area (TPSA) is 104 Å². The van der Waals surface area contributed by atoms with Crippen LogP contribution in [0.4, 0.5) is 14.9 Å². The number of nitrogens with zero attached hydrogens (tertiary/aromatic N) is 3. The van der Waals surface area contributed by atoms with Crippen LogP contribution >= 0.6 is 0 Å². The lowest BCUT2D eigenvalue weighted by molar-refractivity contribution is -0.132. The molecule has 1 atom stereocenters. The number of benzene rings is 1. The number of anilines is 1. The van der Waals surface area contributed by atoms with Crippen molar-refractivity contribution in [2.24, 2.45) is 0 Å². The maximum absolute atomic E-state index is 13.8. The molecule has 4 amide bonds. The molecule has 32 heavy (non-hydrogen) atoms. The summed E-state index contributed by atoms with van der Waals surface area (Å²) in [5.74, 6) is -0.543. The SMILES string of the molecule is COc1cc(F)cc(N2CCN(C(=O)CCC3(c4cccnc4)NC(=O)NC3=O)CC2)c1. The van der Waals surface area contributed by atoms with Gasteiger partial charge in [0.05, 0.1) is 7.11 Å². The van der Waals surface area contributed by atoms with Crippen LogP contribution in [-0.4, -0.2) is 61.0 Å². The number of methoxy groups -OCH3 is 1. The van der Waals surface area contributed by atoms with Crippen LogP contribution in [0.1, 0.15) is 18.4 Å². The molecule has 1 aromatic carbocycles. The summed E-state index contributed by atoms with van der Waals surface area (Å²) in [6.45, 7) is 2.03. The van der Waals surface area contributed by atoms with E-state index in [2.05, 4.69) is 15.6 Å². The minimum atomic E-state index is -1.32. The molecule has 0 spiro atoms. The zero-order valence-electron chi connectivity index (χ0n) is 17.6. The first-order chi connectivity index (χ1) is 15.4. The van der Waals surface area contributed by atoms with Crippen LogP contribution in [0, 0.1) is 5.82 Å². The van der Waals surface area contributed by atoms with Crippen molar-refractivity contribution >= 4 is 23.5 Å². The van der Waals surface area contributed by atoms with E-state index in [1.165, 1.54) is 25.4 Å². The number of ether oxygens (including phenoxy) is 1. The van der Waals surface area contributed by atoms with Crippen LogP contribution in [-0.2, 0) is 15.1 Å². The van der Waals surface area contributed by atoms with Gasteiger partial charge in [-0.1, -0.05) is 6.07 Å². The largest absolute Gasteiger partial charge is 0.497 e. The van der Waals surface area contributed by atoms with Gasteiger partial charge in [0.2, 0.25) is 5.91 Å². The van der Waals surface area contributed by atoms with Crippen LogP contribution in [0.5, 0.6) is 5.75 Å². The Morgan fingerprint density at radius 3 is 2.62 bits per heavy atom. The number of halogens is 1. The van der Waals surface area contributed by atoms with Gasteiger partial charge in [-0.15, -0.1) is 0 Å². The number of carbonyl (C=O) groups is 3. The fourth-order valence-electron chi connectivity index (χ4n) is 4.15. The van der Waals surface area contributed by atoms with Gasteiger partial charge in [-0.25, -0.2) is 9.18 Å². The maximum Gasteiger partial charge on any atom is 0.322 e. The highest BCUT2D eigenvalue weighted by molar-refractivity contribution is 6.07. The molecule has 2 aliphatic rings. The van der Waals surface area contributed by atoms with Gasteiger partial charge in [0.1, 0.15) is 17.1 Å². The third kappa shape index (κ3) is 4.20. The number of hydrogen-bond donors (Lipinski definition) is 2. The Labute approximate surface area is 184 Å². The van der Waals surface area contributed by atoms with E-state index in [1.807, 2.05) is 4.90 Å². The lowest BCUT2D eigenvalue weighted by atomic mass is 9.86. The Balaban J connectivity index is 1.39. The summed E-state index contributed by atoms with van der Waals surface area (Å²) < 4.78 is 19.0. The molecule has 1 unspecified atom stereocenters. The molecule has 2 N–H and O–H groups in total. The highest BCUT2D eigenvalue weighted by atomic mass is 19.1. The lowest BCUT2D eigenvalue weighted by Crippen LogP contribution is -2.50. The molecule has 0 bridgehead atoms. The van der Waals surface area contributed by atoms with Crippen molar-refractivity contribution in [3.05, 3.63) is 54.1 Å². The Hall–Kier alpha value is -3.69. The number of rotatable bonds is 6. The van der Waals surface area contributed by atoms with Gasteiger partial charge < -0.3 is 19.9 Å². The Morgan fingerprint density at radius 1 is 1.22 bits per heavy atom. The molecule has 1 aromatic heterocycles. The van der Waals surface area contributed by atoms with Gasteiger partial charge in [-0.2, -0.15) is 0 Å². The van der Waals surface area contributed by atoms with Crippen molar-refractivity contribution in [1.82, 2.24) is 20.5 Å². The molecule has 0 radical (unpaired) electrons. The third-order valence-corrected chi connectivity index (χ3v) is 5.90. The number of hydrogen-bond acceptors (Lipinski definition) is 6. The smallest absolute Gasteiger partial charge is 0.322 e. The van der Waals surface area contributed by atoms with Crippen LogP contribution in [0.15, 0.2) is 42.7 Å². The predicted octanol–water partition coefficient (Wildman–Crippen LogP) is 1.39. The Kier molecular flexibility index (Phi) is 5.93. The quantitative estimate of drug-likeness (QED) is 0.657. The highest BCUT2D eigenvalue weighted by Crippen LogP contribution is 2.30. The lowest BCUT2D eigenvalue weighted by Gasteiger charge is -2.36. The molecule has 168 valence electrons. The molecule has 9 nitrogen and oxygen atoms in total. The number of aromatic nitrogens is 1. The number of imide groups is 1. The van der Waals surface area contributed by atoms with E-state index in [0.29, 0.717) is 43.2 Å². The van der Waals surface area contributed by atoms with Crippen molar-refractivity contribution in [3.63, 3.8) is 0 Å². The third-order valence-electron chi connectivity index (χ3n) is 5.90. The minimum absolute atomic E-state index is 0.0797. The van der Waals surface area contributed by atoms with Crippen molar-refractivity contribution in [2.75, 3.05) is 38.2 Å². The van der Waals surface area contributed by atoms with E-state index < -0.39 is 17.5 Å². The first-order valence-corrected chi connectivity index (χ1v) is 10.3. The number of amides is 4. The second-order valence-corrected chi connectivity index (χ2v) is 7.77. The molecule has 0 aliphatic carbocycles. The molecule has 2 fully saturated rings. The van der Waals surface area contributed by atoms with Crippen LogP contribution in [0.25, 0.3) is 0 Å². The summed E-state index contributed by atoms with van der Waals surface area (Å²) in [7, 11) is 1.49. The standard InChI is InChI=1S/C22H24FN5O4/c1-32-18-12-16(23)11-17(13-18)27-7-9-28(10-8-27)19(29)4-5-22(15-3-2-6-24-14-15)20(30)25-21(31)26-22/h2-3,6,11-14H,4-5,7-10H2,1H3,(H2,25,26,30,31). The van der Waals surface area contributed by atoms with Crippen LogP contribution in [0.2, 0.25) is 0 Å². The van der Waals surface area contributed by atoms with E-state index in [-0.39, 0.29) is 24.6 Å². The van der Waals surface area contributed by atoms with Gasteiger partial charge >= 0.3 is 6.03 Å². The van der Waals surface area contributed by atoms with Gasteiger partial charge in [-0.05, 0) is 18.6 Å². The number of pyridine rings is 1. The van der Waals surface area contributed by atoms with Crippen molar-refractivity contribution in [1.29, 1.82) is 0 Å². The van der Waals surface area contributed by atoms with Crippen molar-refractivity contribution < 1.29 is 23.5 Å². The fraction of sp³-hybridized carbons (Fsp3) is 0.364. The molecule has 2 saturated heterocycles. The van der Waals surface area contributed by atoms with E-state index in [4.69, 9.17) is 4.74 Å². The molecule has 3 heterocycles. The zero-order chi connectivity index (χ0) is 22.7. The fourth-order valence-corrected chi connectivity index (χ4v) is 4.15. The van der Waals surface area contributed by atoms with E-state index in [1.54, 1.807) is 29.3 Å². The summed E-state index contributed by atoms with van der Waals surface area (Å²) in [6.07, 6.45) is 3.29. The molecule has 2 aromatic rings. The molecular formula is C22H24FN5O4. The predicted molar refractivity (Wildman–Crippen MR) is 114 cm³/mol. The second kappa shape index (κ2) is 8.81. The summed E-state index contributed by atoms with van der Waals surface area (Å²) in [5, 5.41) is 4.93. The monoisotopic (exact) mass is 441 g/mol. The molecule has 0 saturated carbocycles. The maximum atomic E-state index is 13.8. The first-order valence-electron chi connectivity index (χ1n) is 10.3. The van der Waals surface area contributed by atoms with E-state index in [9.17, 15) is 18.8 Å². The molecule has 4 rings (SSSR count). The highest BCUT2D eigenvalue weighted by Gasteiger charge is 2.48. The van der Waals surface area contributed by atoms with Crippen molar-refractivity contribution in [3.8, 4) is 5.75 Å². The summed E-state index contributed by atoms with van der Waals surface area (Å²) in [4.78, 5) is 45.0. The number of urea groups is 1. The number of nitrogens with one attached hydrogen (secondary N) is 2. The summed E-state index contributed by atoms with van der Waals surface area (Å²) in [5.41, 5.74) is -0.0862.